The minimum atomic E-state index is -1.02. The lowest BCUT2D eigenvalue weighted by Gasteiger charge is -2.40. The summed E-state index contributed by atoms with van der Waals surface area (Å²) in [5.41, 5.74) is 5.30. The van der Waals surface area contributed by atoms with Crippen LogP contribution in [-0.4, -0.2) is 38.0 Å². The zero-order valence-corrected chi connectivity index (χ0v) is 24.6. The molecule has 0 radical (unpaired) electrons. The number of thiazole rings is 1. The number of anilines is 1. The molecule has 0 unspecified atom stereocenters. The number of benzene rings is 2. The number of aryl methyl sites for hydroxylation is 2. The largest absolute Gasteiger partial charge is 0.478 e. The Hall–Kier alpha value is -4.24. The third-order valence-corrected chi connectivity index (χ3v) is 9.48. The van der Waals surface area contributed by atoms with Gasteiger partial charge in [-0.05, 0) is 86.4 Å². The fraction of sp³-hybridized carbons (Fsp3) is 0.333. The van der Waals surface area contributed by atoms with Crippen LogP contribution < -0.4 is 10.6 Å². The number of carboxylic acid groups (broad SMARTS) is 1. The van der Waals surface area contributed by atoms with Gasteiger partial charge in [0.25, 0.3) is 5.91 Å². The normalized spacial score (nSPS) is 16.5. The lowest BCUT2D eigenvalue weighted by molar-refractivity contribution is -0.131. The van der Waals surface area contributed by atoms with Crippen LogP contribution in [0.1, 0.15) is 77.4 Å². The molecule has 2 aliphatic carbocycles. The molecule has 9 heteroatoms. The summed E-state index contributed by atoms with van der Waals surface area (Å²) in [5, 5.41) is 19.1. The van der Waals surface area contributed by atoms with Gasteiger partial charge in [0.05, 0.1) is 16.4 Å². The number of carboxylic acids is 1. The molecule has 2 aromatic heterocycles. The average molecular weight is 583 g/mol. The number of aromatic nitrogens is 2. The topological polar surface area (TPSA) is 113 Å². The van der Waals surface area contributed by atoms with Gasteiger partial charge in [0.1, 0.15) is 5.54 Å². The zero-order chi connectivity index (χ0) is 29.4. The highest BCUT2D eigenvalue weighted by atomic mass is 32.1. The van der Waals surface area contributed by atoms with Crippen molar-refractivity contribution in [2.45, 2.75) is 63.3 Å². The molecule has 8 nitrogen and oxygen atoms in total. The minimum absolute atomic E-state index is 0.249. The molecule has 6 rings (SSSR count). The molecule has 3 N–H and O–H groups in total. The molecule has 2 heterocycles. The van der Waals surface area contributed by atoms with Crippen LogP contribution in [0.25, 0.3) is 28.4 Å². The number of hydrogen-bond donors (Lipinski definition) is 3. The average Bonchev–Trinajstić information content (AvgIpc) is 3.69. The fourth-order valence-corrected chi connectivity index (χ4v) is 6.94. The highest BCUT2D eigenvalue weighted by molar-refractivity contribution is 7.09. The number of aliphatic carboxylic acids is 1. The summed E-state index contributed by atoms with van der Waals surface area (Å²) < 4.78 is 2.18. The van der Waals surface area contributed by atoms with Crippen molar-refractivity contribution in [2.24, 2.45) is 7.05 Å². The number of fused-ring (bicyclic) bond motifs is 1. The third-order valence-electron chi connectivity index (χ3n) is 8.71. The SMILES string of the molecule is Cc1nc(-c2c(C3CCCC3)c3ccc(C(=O)NC4(C(=O)Nc5ccc(/C=C/C(=O)O)cc5)CCC4)cc3n2C)cs1. The van der Waals surface area contributed by atoms with E-state index in [1.807, 2.05) is 19.1 Å². The standard InChI is InChI=1S/C33H34N4O4S/c1-20-34-26(19-42-20)30-29(22-6-3-4-7-22)25-14-11-23(18-27(25)37(30)2)31(40)36-33(16-5-17-33)32(41)35-24-12-8-21(9-13-24)10-15-28(38)39/h8-15,18-19,22H,3-7,16-17H2,1-2H3,(H,35,41)(H,36,40)(H,38,39)/b15-10+. The van der Waals surface area contributed by atoms with Gasteiger partial charge in [0, 0.05) is 40.7 Å². The lowest BCUT2D eigenvalue weighted by Crippen LogP contribution is -2.61. The summed E-state index contributed by atoms with van der Waals surface area (Å²) in [6.45, 7) is 2.02. The molecular formula is C33H34N4O4S. The van der Waals surface area contributed by atoms with Crippen molar-refractivity contribution < 1.29 is 19.5 Å². The van der Waals surface area contributed by atoms with E-state index in [4.69, 9.17) is 10.1 Å². The number of hydrogen-bond acceptors (Lipinski definition) is 5. The summed E-state index contributed by atoms with van der Waals surface area (Å²) in [7, 11) is 2.05. The van der Waals surface area contributed by atoms with Gasteiger partial charge in [0.2, 0.25) is 5.91 Å². The molecule has 2 fully saturated rings. The van der Waals surface area contributed by atoms with E-state index in [9.17, 15) is 14.4 Å². The Balaban J connectivity index is 1.25. The van der Waals surface area contributed by atoms with Gasteiger partial charge in [-0.2, -0.15) is 0 Å². The summed E-state index contributed by atoms with van der Waals surface area (Å²) >= 11 is 1.65. The molecule has 0 saturated heterocycles. The molecule has 0 spiro atoms. The summed E-state index contributed by atoms with van der Waals surface area (Å²) in [4.78, 5) is 42.5. The molecule has 216 valence electrons. The van der Waals surface area contributed by atoms with E-state index in [1.165, 1.54) is 29.9 Å². The van der Waals surface area contributed by atoms with Crippen molar-refractivity contribution in [1.29, 1.82) is 0 Å². The first-order valence-corrected chi connectivity index (χ1v) is 15.3. The smallest absolute Gasteiger partial charge is 0.328 e. The Labute approximate surface area is 248 Å². The second-order valence-corrected chi connectivity index (χ2v) is 12.5. The quantitative estimate of drug-likeness (QED) is 0.201. The predicted molar refractivity (Wildman–Crippen MR) is 166 cm³/mol. The first-order chi connectivity index (χ1) is 20.2. The molecule has 4 aromatic rings. The minimum Gasteiger partial charge on any atom is -0.478 e. The molecule has 42 heavy (non-hydrogen) atoms. The van der Waals surface area contributed by atoms with E-state index in [2.05, 4.69) is 33.7 Å². The summed E-state index contributed by atoms with van der Waals surface area (Å²) in [6, 6.07) is 12.8. The van der Waals surface area contributed by atoms with E-state index in [1.54, 1.807) is 35.6 Å². The van der Waals surface area contributed by atoms with Crippen molar-refractivity contribution in [3.8, 4) is 11.4 Å². The number of carbonyl (C=O) groups is 3. The van der Waals surface area contributed by atoms with Crippen LogP contribution in [0.2, 0.25) is 0 Å². The highest BCUT2D eigenvalue weighted by Gasteiger charge is 2.45. The van der Waals surface area contributed by atoms with Gasteiger partial charge in [0.15, 0.2) is 0 Å². The van der Waals surface area contributed by atoms with E-state index >= 15 is 0 Å². The predicted octanol–water partition coefficient (Wildman–Crippen LogP) is 6.66. The van der Waals surface area contributed by atoms with Gasteiger partial charge < -0.3 is 20.3 Å². The highest BCUT2D eigenvalue weighted by Crippen LogP contribution is 2.45. The van der Waals surface area contributed by atoms with Crippen molar-refractivity contribution in [3.05, 3.63) is 75.6 Å². The molecule has 0 bridgehead atoms. The number of nitrogens with zero attached hydrogens (tertiary/aromatic N) is 2. The van der Waals surface area contributed by atoms with Crippen LogP contribution in [-0.2, 0) is 16.6 Å². The van der Waals surface area contributed by atoms with Crippen LogP contribution in [0.3, 0.4) is 0 Å². The van der Waals surface area contributed by atoms with Crippen LogP contribution in [0, 0.1) is 6.92 Å². The summed E-state index contributed by atoms with van der Waals surface area (Å²) in [5.74, 6) is -1.06. The molecule has 2 amide bonds. The molecule has 2 saturated carbocycles. The molecule has 0 aliphatic heterocycles. The number of carbonyl (C=O) groups excluding carboxylic acids is 2. The molecule has 0 atom stereocenters. The number of amides is 2. The van der Waals surface area contributed by atoms with Gasteiger partial charge >= 0.3 is 5.97 Å². The maximum atomic E-state index is 13.6. The monoisotopic (exact) mass is 582 g/mol. The fourth-order valence-electron chi connectivity index (χ4n) is 6.34. The molecule has 2 aromatic carbocycles. The van der Waals surface area contributed by atoms with Gasteiger partial charge in [-0.15, -0.1) is 11.3 Å². The summed E-state index contributed by atoms with van der Waals surface area (Å²) in [6.07, 6.45) is 9.32. The van der Waals surface area contributed by atoms with Gasteiger partial charge in [-0.1, -0.05) is 31.0 Å². The third kappa shape index (κ3) is 5.25. The maximum absolute atomic E-state index is 13.6. The van der Waals surface area contributed by atoms with Crippen molar-refractivity contribution in [2.75, 3.05) is 5.32 Å². The number of rotatable bonds is 8. The van der Waals surface area contributed by atoms with Crippen molar-refractivity contribution in [1.82, 2.24) is 14.9 Å². The Morgan fingerprint density at radius 1 is 1.07 bits per heavy atom. The molecular weight excluding hydrogens is 548 g/mol. The first-order valence-electron chi connectivity index (χ1n) is 14.4. The lowest BCUT2D eigenvalue weighted by atomic mass is 9.75. The van der Waals surface area contributed by atoms with Gasteiger partial charge in [-0.3, -0.25) is 9.59 Å². The van der Waals surface area contributed by atoms with Crippen LogP contribution in [0.4, 0.5) is 5.69 Å². The Bertz CT molecular complexity index is 1710. The van der Waals surface area contributed by atoms with E-state index in [0.717, 1.165) is 47.3 Å². The Kier molecular flexibility index (Phi) is 7.45. The first kappa shape index (κ1) is 27.9. The van der Waals surface area contributed by atoms with E-state index < -0.39 is 11.5 Å². The van der Waals surface area contributed by atoms with Gasteiger partial charge in [-0.25, -0.2) is 9.78 Å². The number of nitrogens with one attached hydrogen (secondary N) is 2. The zero-order valence-electron chi connectivity index (χ0n) is 23.8. The Morgan fingerprint density at radius 3 is 2.43 bits per heavy atom. The second kappa shape index (κ2) is 11.2. The van der Waals surface area contributed by atoms with Crippen LogP contribution >= 0.6 is 11.3 Å². The Morgan fingerprint density at radius 2 is 1.81 bits per heavy atom. The van der Waals surface area contributed by atoms with E-state index in [-0.39, 0.29) is 11.8 Å². The second-order valence-electron chi connectivity index (χ2n) is 11.4. The maximum Gasteiger partial charge on any atom is 0.328 e. The van der Waals surface area contributed by atoms with Crippen LogP contribution in [0.15, 0.2) is 53.9 Å². The van der Waals surface area contributed by atoms with E-state index in [0.29, 0.717) is 35.6 Å². The van der Waals surface area contributed by atoms with Crippen LogP contribution in [0.5, 0.6) is 0 Å². The van der Waals surface area contributed by atoms with Crippen molar-refractivity contribution >= 4 is 51.8 Å². The van der Waals surface area contributed by atoms with Crippen molar-refractivity contribution in [3.63, 3.8) is 0 Å². The molecule has 2 aliphatic rings.